The van der Waals surface area contributed by atoms with Crippen molar-refractivity contribution in [2.24, 2.45) is 0 Å². The van der Waals surface area contributed by atoms with E-state index in [1.54, 1.807) is 0 Å². The van der Waals surface area contributed by atoms with Crippen molar-refractivity contribution < 1.29 is 4.42 Å². The molecule has 0 unspecified atom stereocenters. The second kappa shape index (κ2) is 17.3. The Morgan fingerprint density at radius 1 is 0.253 bits per heavy atom. The number of furan rings is 1. The molecule has 0 fully saturated rings. The monoisotopic (exact) mass is 958 g/mol. The largest absolute Gasteiger partial charge is 0.455 e. The number of nitrogens with zero attached hydrogens (tertiary/aromatic N) is 4. The first kappa shape index (κ1) is 42.6. The molecule has 0 spiro atoms. The molecule has 12 aromatic carbocycles. The Labute approximate surface area is 433 Å². The van der Waals surface area contributed by atoms with E-state index in [1.807, 2.05) is 0 Å². The fourth-order valence-corrected chi connectivity index (χ4v) is 11.7. The van der Waals surface area contributed by atoms with Crippen molar-refractivity contribution in [1.29, 1.82) is 0 Å². The Hall–Kier alpha value is -10.1. The highest BCUT2D eigenvalue weighted by molar-refractivity contribution is 6.29. The Balaban J connectivity index is 0.846. The first-order valence-electron chi connectivity index (χ1n) is 25.6. The highest BCUT2D eigenvalue weighted by Gasteiger charge is 2.24. The molecule has 0 saturated carbocycles. The van der Waals surface area contributed by atoms with Crippen LogP contribution in [0.3, 0.4) is 0 Å². The molecule has 0 aliphatic rings. The molecule has 0 saturated heterocycles. The minimum Gasteiger partial charge on any atom is -0.455 e. The summed E-state index contributed by atoms with van der Waals surface area (Å²) in [6.45, 7) is 0. The van der Waals surface area contributed by atoms with Gasteiger partial charge in [-0.3, -0.25) is 0 Å². The summed E-state index contributed by atoms with van der Waals surface area (Å²) < 4.78 is 12.1. The van der Waals surface area contributed by atoms with E-state index in [4.69, 9.17) is 4.42 Å². The number of para-hydroxylation sites is 4. The van der Waals surface area contributed by atoms with Crippen LogP contribution in [0, 0.1) is 0 Å². The van der Waals surface area contributed by atoms with Crippen molar-refractivity contribution in [3.63, 3.8) is 0 Å². The minimum absolute atomic E-state index is 0.895. The molecule has 352 valence electrons. The maximum absolute atomic E-state index is 7.32. The SMILES string of the molecule is c1ccc(-c2ccc(N(c3ccccc3)c3ccc(-n4c5ccccc5c5c6oc7c(ccc8c7c7ccccc7n8-c7ccc(N(c8ccccc8)c8cccc9ccccc89)cc7)c6ccc54)cc3)cc2)cc1. The molecule has 75 heavy (non-hydrogen) atoms. The summed E-state index contributed by atoms with van der Waals surface area (Å²) in [5, 5.41) is 9.13. The maximum Gasteiger partial charge on any atom is 0.145 e. The molecule has 5 nitrogen and oxygen atoms in total. The first-order valence-corrected chi connectivity index (χ1v) is 25.6. The number of benzene rings is 12. The van der Waals surface area contributed by atoms with Crippen LogP contribution in [0.2, 0.25) is 0 Å². The third kappa shape index (κ3) is 6.86. The second-order valence-corrected chi connectivity index (χ2v) is 19.3. The van der Waals surface area contributed by atoms with Gasteiger partial charge >= 0.3 is 0 Å². The van der Waals surface area contributed by atoms with E-state index in [0.29, 0.717) is 0 Å². The van der Waals surface area contributed by atoms with Crippen LogP contribution in [-0.2, 0) is 0 Å². The van der Waals surface area contributed by atoms with Gasteiger partial charge in [-0.1, -0.05) is 152 Å². The third-order valence-corrected chi connectivity index (χ3v) is 15.1. The molecule has 0 bridgehead atoms. The van der Waals surface area contributed by atoms with Crippen LogP contribution in [0.25, 0.3) is 98.8 Å². The first-order chi connectivity index (χ1) is 37.2. The summed E-state index contributed by atoms with van der Waals surface area (Å²) in [7, 11) is 0. The van der Waals surface area contributed by atoms with Gasteiger partial charge in [0.15, 0.2) is 0 Å². The number of anilines is 6. The molecule has 0 amide bonds. The number of fused-ring (bicyclic) bond motifs is 12. The normalized spacial score (nSPS) is 11.7. The average molecular weight is 959 g/mol. The van der Waals surface area contributed by atoms with Crippen LogP contribution in [0.4, 0.5) is 34.1 Å². The lowest BCUT2D eigenvalue weighted by Crippen LogP contribution is -2.10. The minimum atomic E-state index is 0.895. The highest BCUT2D eigenvalue weighted by atomic mass is 16.3. The molecule has 0 atom stereocenters. The van der Waals surface area contributed by atoms with Gasteiger partial charge in [0, 0.05) is 66.7 Å². The quantitative estimate of drug-likeness (QED) is 0.144. The van der Waals surface area contributed by atoms with Crippen LogP contribution >= 0.6 is 0 Å². The lowest BCUT2D eigenvalue weighted by molar-refractivity contribution is 0.677. The topological polar surface area (TPSA) is 29.5 Å². The Morgan fingerprint density at radius 2 is 0.653 bits per heavy atom. The van der Waals surface area contributed by atoms with Gasteiger partial charge in [0.25, 0.3) is 0 Å². The van der Waals surface area contributed by atoms with E-state index >= 15 is 0 Å². The lowest BCUT2D eigenvalue weighted by Gasteiger charge is -2.27. The highest BCUT2D eigenvalue weighted by Crippen LogP contribution is 2.46. The number of rotatable bonds is 9. The molecule has 3 aromatic heterocycles. The third-order valence-electron chi connectivity index (χ3n) is 15.1. The van der Waals surface area contributed by atoms with Gasteiger partial charge in [-0.2, -0.15) is 0 Å². The molecular weight excluding hydrogens is 913 g/mol. The van der Waals surface area contributed by atoms with E-state index in [-0.39, 0.29) is 0 Å². The van der Waals surface area contributed by atoms with Gasteiger partial charge < -0.3 is 23.4 Å². The summed E-state index contributed by atoms with van der Waals surface area (Å²) in [4.78, 5) is 4.68. The maximum atomic E-state index is 7.32. The average Bonchev–Trinajstić information content (AvgIpc) is 4.16. The van der Waals surface area contributed by atoms with Crippen LogP contribution < -0.4 is 9.80 Å². The summed E-state index contributed by atoms with van der Waals surface area (Å²) in [6, 6.07) is 100. The number of aromatic nitrogens is 2. The predicted molar refractivity (Wildman–Crippen MR) is 315 cm³/mol. The zero-order chi connectivity index (χ0) is 49.4. The molecule has 0 aliphatic carbocycles. The fraction of sp³-hybridized carbons (Fsp3) is 0. The molecule has 5 heteroatoms. The van der Waals surface area contributed by atoms with E-state index in [9.17, 15) is 0 Å². The molecule has 15 aromatic rings. The zero-order valence-electron chi connectivity index (χ0n) is 40.8. The van der Waals surface area contributed by atoms with Gasteiger partial charge in [0.05, 0.1) is 38.5 Å². The van der Waals surface area contributed by atoms with E-state index < -0.39 is 0 Å². The Kier molecular flexibility index (Phi) is 9.82. The van der Waals surface area contributed by atoms with Crippen molar-refractivity contribution in [3.8, 4) is 22.5 Å². The van der Waals surface area contributed by atoms with Gasteiger partial charge in [-0.25, -0.2) is 0 Å². The zero-order valence-corrected chi connectivity index (χ0v) is 40.8. The van der Waals surface area contributed by atoms with Gasteiger partial charge in [0.1, 0.15) is 11.2 Å². The molecule has 0 radical (unpaired) electrons. The van der Waals surface area contributed by atoms with E-state index in [0.717, 1.165) is 111 Å². The van der Waals surface area contributed by atoms with Crippen molar-refractivity contribution in [2.75, 3.05) is 9.80 Å². The molecule has 15 rings (SSSR count). The summed E-state index contributed by atoms with van der Waals surface area (Å²) in [5.74, 6) is 0. The van der Waals surface area contributed by atoms with Crippen molar-refractivity contribution >= 4 is 110 Å². The summed E-state index contributed by atoms with van der Waals surface area (Å²) >= 11 is 0. The molecule has 0 aliphatic heterocycles. The van der Waals surface area contributed by atoms with Crippen molar-refractivity contribution in [2.45, 2.75) is 0 Å². The summed E-state index contributed by atoms with van der Waals surface area (Å²) in [5.41, 5.74) is 17.4. The predicted octanol–water partition coefficient (Wildman–Crippen LogP) is 19.5. The smallest absolute Gasteiger partial charge is 0.145 e. The number of hydrogen-bond acceptors (Lipinski definition) is 3. The van der Waals surface area contributed by atoms with Gasteiger partial charge in [0.2, 0.25) is 0 Å². The van der Waals surface area contributed by atoms with Crippen LogP contribution in [0.5, 0.6) is 0 Å². The van der Waals surface area contributed by atoms with E-state index in [1.165, 1.54) is 21.9 Å². The number of hydrogen-bond donors (Lipinski definition) is 0. The van der Waals surface area contributed by atoms with Crippen LogP contribution in [-0.4, -0.2) is 9.13 Å². The summed E-state index contributed by atoms with van der Waals surface area (Å²) in [6.07, 6.45) is 0. The van der Waals surface area contributed by atoms with Crippen LogP contribution in [0.15, 0.2) is 283 Å². The van der Waals surface area contributed by atoms with Crippen molar-refractivity contribution in [3.05, 3.63) is 279 Å². The lowest BCUT2D eigenvalue weighted by atomic mass is 10.0. The Bertz CT molecular complexity index is 4610. The fourth-order valence-electron chi connectivity index (χ4n) is 11.7. The van der Waals surface area contributed by atoms with Gasteiger partial charge in [-0.05, 0) is 144 Å². The molecule has 0 N–H and O–H groups in total. The standard InChI is InChI=1S/C70H46N4O/c1-4-17-47(18-5-1)48-31-33-52(34-32-48)71(50-21-6-2-7-22-50)53-35-39-55(40-36-53)73-63-28-14-12-26-60(63)67-65(73)45-43-58-59-44-46-66-68(70(59)75-69(58)67)61-27-13-15-29-64(61)74(66)56-41-37-54(38-42-56)72(51-23-8-3-9-24-51)62-30-16-20-49-19-10-11-25-57(49)62/h1-46H. The van der Waals surface area contributed by atoms with Crippen LogP contribution in [0.1, 0.15) is 0 Å². The van der Waals surface area contributed by atoms with Gasteiger partial charge in [-0.15, -0.1) is 0 Å². The van der Waals surface area contributed by atoms with E-state index in [2.05, 4.69) is 298 Å². The Morgan fingerprint density at radius 3 is 1.20 bits per heavy atom. The van der Waals surface area contributed by atoms with Crippen molar-refractivity contribution in [1.82, 2.24) is 9.13 Å². The molecule has 3 heterocycles. The molecular formula is C70H46N4O. The second-order valence-electron chi connectivity index (χ2n) is 19.3.